The van der Waals surface area contributed by atoms with Crippen LogP contribution in [0.4, 0.5) is 4.39 Å². The van der Waals surface area contributed by atoms with Gasteiger partial charge in [-0.05, 0) is 68.7 Å². The maximum atomic E-state index is 13.2. The zero-order valence-corrected chi connectivity index (χ0v) is 15.2. The fraction of sp³-hybridized carbons (Fsp3) is 0.400. The predicted molar refractivity (Wildman–Crippen MR) is 97.2 cm³/mol. The number of likely N-dealkylation sites (tertiary alicyclic amines) is 1. The van der Waals surface area contributed by atoms with Crippen LogP contribution in [0.3, 0.4) is 0 Å². The zero-order chi connectivity index (χ0) is 18.0. The second kappa shape index (κ2) is 7.32. The average Bonchev–Trinajstić information content (AvgIpc) is 3.06. The van der Waals surface area contributed by atoms with E-state index in [1.807, 2.05) is 18.7 Å². The Morgan fingerprint density at radius 2 is 1.80 bits per heavy atom. The third kappa shape index (κ3) is 4.14. The first-order chi connectivity index (χ1) is 11.9. The van der Waals surface area contributed by atoms with Gasteiger partial charge < -0.3 is 9.84 Å². The summed E-state index contributed by atoms with van der Waals surface area (Å²) in [6.07, 6.45) is 1.12. The van der Waals surface area contributed by atoms with Crippen LogP contribution in [0.25, 0.3) is 0 Å². The standard InChI is InChI=1S/C20H23ClFNO2/c1-20(2,25-17-11-7-15(21)8-12-17)19(24)23-13-3-4-18(23)14-5-9-16(22)10-6-14/h5-12,18-19,24H,3-4,13H2,1-2H3. The molecular formula is C20H23ClFNO2. The Balaban J connectivity index is 1.76. The van der Waals surface area contributed by atoms with Crippen molar-refractivity contribution in [3.63, 3.8) is 0 Å². The molecule has 0 saturated carbocycles. The summed E-state index contributed by atoms with van der Waals surface area (Å²) in [6.45, 7) is 4.51. The van der Waals surface area contributed by atoms with Crippen LogP contribution >= 0.6 is 11.6 Å². The Morgan fingerprint density at radius 3 is 2.44 bits per heavy atom. The first-order valence-electron chi connectivity index (χ1n) is 8.51. The number of ether oxygens (including phenoxy) is 1. The van der Waals surface area contributed by atoms with Crippen LogP contribution in [0.5, 0.6) is 5.75 Å². The lowest BCUT2D eigenvalue weighted by Crippen LogP contribution is -2.52. The number of benzene rings is 2. The highest BCUT2D eigenvalue weighted by Crippen LogP contribution is 2.36. The molecule has 25 heavy (non-hydrogen) atoms. The minimum atomic E-state index is -0.809. The lowest BCUT2D eigenvalue weighted by atomic mass is 10.0. The van der Waals surface area contributed by atoms with Gasteiger partial charge in [-0.25, -0.2) is 4.39 Å². The van der Waals surface area contributed by atoms with Gasteiger partial charge in [0.1, 0.15) is 23.4 Å². The number of rotatable bonds is 5. The maximum absolute atomic E-state index is 13.2. The summed E-state index contributed by atoms with van der Waals surface area (Å²) in [4.78, 5) is 2.03. The lowest BCUT2D eigenvalue weighted by molar-refractivity contribution is -0.123. The normalized spacial score (nSPS) is 19.8. The molecule has 2 unspecified atom stereocenters. The van der Waals surface area contributed by atoms with Gasteiger partial charge in [0.15, 0.2) is 0 Å². The number of hydrogen-bond donors (Lipinski definition) is 1. The van der Waals surface area contributed by atoms with E-state index in [9.17, 15) is 9.50 Å². The Hall–Kier alpha value is -1.62. The van der Waals surface area contributed by atoms with E-state index in [-0.39, 0.29) is 11.9 Å². The molecule has 0 aliphatic carbocycles. The van der Waals surface area contributed by atoms with Crippen molar-refractivity contribution in [2.75, 3.05) is 6.54 Å². The van der Waals surface area contributed by atoms with Crippen LogP contribution in [0.1, 0.15) is 38.3 Å². The fourth-order valence-corrected chi connectivity index (χ4v) is 3.51. The molecule has 1 heterocycles. The second-order valence-corrected chi connectivity index (χ2v) is 7.42. The van der Waals surface area contributed by atoms with Crippen LogP contribution in [-0.4, -0.2) is 28.4 Å². The topological polar surface area (TPSA) is 32.7 Å². The molecule has 3 rings (SSSR count). The summed E-state index contributed by atoms with van der Waals surface area (Å²) in [5, 5.41) is 11.6. The van der Waals surface area contributed by atoms with Crippen molar-refractivity contribution >= 4 is 11.6 Å². The number of aliphatic hydroxyl groups excluding tert-OH is 1. The molecule has 3 nitrogen and oxygen atoms in total. The Bertz CT molecular complexity index is 703. The van der Waals surface area contributed by atoms with Gasteiger partial charge in [-0.3, -0.25) is 4.90 Å². The maximum Gasteiger partial charge on any atom is 0.147 e. The Morgan fingerprint density at radius 1 is 1.16 bits per heavy atom. The summed E-state index contributed by atoms with van der Waals surface area (Å²) in [7, 11) is 0. The smallest absolute Gasteiger partial charge is 0.147 e. The van der Waals surface area contributed by atoms with E-state index >= 15 is 0 Å². The van der Waals surface area contributed by atoms with Crippen molar-refractivity contribution in [1.29, 1.82) is 0 Å². The van der Waals surface area contributed by atoms with Crippen LogP contribution < -0.4 is 4.74 Å². The van der Waals surface area contributed by atoms with Gasteiger partial charge in [0.05, 0.1) is 0 Å². The molecule has 1 saturated heterocycles. The molecule has 0 amide bonds. The molecule has 0 spiro atoms. The van der Waals surface area contributed by atoms with E-state index in [0.717, 1.165) is 24.9 Å². The highest BCUT2D eigenvalue weighted by atomic mass is 35.5. The predicted octanol–water partition coefficient (Wildman–Crippen LogP) is 4.79. The van der Waals surface area contributed by atoms with Gasteiger partial charge in [0.25, 0.3) is 0 Å². The van der Waals surface area contributed by atoms with Crippen LogP contribution in [0, 0.1) is 5.82 Å². The third-order valence-corrected chi connectivity index (χ3v) is 4.93. The summed E-state index contributed by atoms with van der Waals surface area (Å²) in [5.41, 5.74) is 0.205. The zero-order valence-electron chi connectivity index (χ0n) is 14.5. The molecule has 1 aliphatic rings. The molecule has 0 bridgehead atoms. The van der Waals surface area contributed by atoms with Crippen molar-refractivity contribution in [3.8, 4) is 5.75 Å². The summed E-state index contributed by atoms with van der Waals surface area (Å²) in [5.74, 6) is 0.409. The van der Waals surface area contributed by atoms with Gasteiger partial charge in [0, 0.05) is 17.6 Å². The number of aliphatic hydroxyl groups is 1. The molecule has 5 heteroatoms. The molecule has 2 aromatic carbocycles. The van der Waals surface area contributed by atoms with Crippen LogP contribution in [0.2, 0.25) is 5.02 Å². The molecule has 1 N–H and O–H groups in total. The summed E-state index contributed by atoms with van der Waals surface area (Å²) < 4.78 is 19.2. The van der Waals surface area contributed by atoms with Gasteiger partial charge in [0.2, 0.25) is 0 Å². The highest BCUT2D eigenvalue weighted by Gasteiger charge is 2.40. The van der Waals surface area contributed by atoms with E-state index in [4.69, 9.17) is 16.3 Å². The van der Waals surface area contributed by atoms with Gasteiger partial charge >= 0.3 is 0 Å². The van der Waals surface area contributed by atoms with E-state index in [2.05, 4.69) is 0 Å². The first-order valence-corrected chi connectivity index (χ1v) is 8.88. The van der Waals surface area contributed by atoms with E-state index in [1.165, 1.54) is 12.1 Å². The lowest BCUT2D eigenvalue weighted by Gasteiger charge is -2.39. The van der Waals surface area contributed by atoms with E-state index < -0.39 is 11.8 Å². The number of nitrogens with zero attached hydrogens (tertiary/aromatic N) is 1. The Labute approximate surface area is 153 Å². The van der Waals surface area contributed by atoms with Crippen LogP contribution in [0.15, 0.2) is 48.5 Å². The van der Waals surface area contributed by atoms with Crippen LogP contribution in [-0.2, 0) is 0 Å². The van der Waals surface area contributed by atoms with Crippen molar-refractivity contribution in [1.82, 2.24) is 4.90 Å². The molecule has 1 fully saturated rings. The SMILES string of the molecule is CC(C)(Oc1ccc(Cl)cc1)C(O)N1CCCC1c1ccc(F)cc1. The van der Waals surface area contributed by atoms with Gasteiger partial charge in [-0.15, -0.1) is 0 Å². The third-order valence-electron chi connectivity index (χ3n) is 4.68. The minimum absolute atomic E-state index is 0.0590. The molecule has 0 aromatic heterocycles. The van der Waals surface area contributed by atoms with E-state index in [0.29, 0.717) is 10.8 Å². The molecular weight excluding hydrogens is 341 g/mol. The molecule has 1 aliphatic heterocycles. The largest absolute Gasteiger partial charge is 0.484 e. The quantitative estimate of drug-likeness (QED) is 0.828. The average molecular weight is 364 g/mol. The van der Waals surface area contributed by atoms with Crippen molar-refractivity contribution < 1.29 is 14.2 Å². The molecule has 2 aromatic rings. The molecule has 2 atom stereocenters. The first kappa shape index (κ1) is 18.2. The van der Waals surface area contributed by atoms with Crippen molar-refractivity contribution in [3.05, 3.63) is 64.9 Å². The highest BCUT2D eigenvalue weighted by molar-refractivity contribution is 6.30. The molecule has 134 valence electrons. The molecule has 0 radical (unpaired) electrons. The Kier molecular flexibility index (Phi) is 5.32. The fourth-order valence-electron chi connectivity index (χ4n) is 3.38. The van der Waals surface area contributed by atoms with E-state index in [1.54, 1.807) is 36.4 Å². The van der Waals surface area contributed by atoms with Gasteiger partial charge in [-0.1, -0.05) is 23.7 Å². The second-order valence-electron chi connectivity index (χ2n) is 6.98. The minimum Gasteiger partial charge on any atom is -0.484 e. The van der Waals surface area contributed by atoms with Gasteiger partial charge in [-0.2, -0.15) is 0 Å². The monoisotopic (exact) mass is 363 g/mol. The summed E-state index contributed by atoms with van der Waals surface area (Å²) >= 11 is 5.91. The van der Waals surface area contributed by atoms with Crippen molar-refractivity contribution in [2.45, 2.75) is 44.6 Å². The number of halogens is 2. The number of hydrogen-bond acceptors (Lipinski definition) is 3. The van der Waals surface area contributed by atoms with Crippen molar-refractivity contribution in [2.24, 2.45) is 0 Å². The summed E-state index contributed by atoms with van der Waals surface area (Å²) in [6, 6.07) is 13.7.